The second-order valence-corrected chi connectivity index (χ2v) is 9.61. The van der Waals surface area contributed by atoms with Gasteiger partial charge in [0, 0.05) is 45.2 Å². The van der Waals surface area contributed by atoms with E-state index < -0.39 is 10.0 Å². The number of carbonyl (C=O) groups excluding carboxylic acids is 1. The number of benzene rings is 1. The molecule has 7 heteroatoms. The van der Waals surface area contributed by atoms with Gasteiger partial charge in [-0.1, -0.05) is 19.1 Å². The highest BCUT2D eigenvalue weighted by atomic mass is 32.2. The lowest BCUT2D eigenvalue weighted by Crippen LogP contribution is -2.51. The normalized spacial score (nSPS) is 20.8. The summed E-state index contributed by atoms with van der Waals surface area (Å²) in [4.78, 5) is 17.5. The average molecular weight is 394 g/mol. The molecule has 6 nitrogen and oxygen atoms in total. The number of aryl methyl sites for hydroxylation is 2. The van der Waals surface area contributed by atoms with Crippen molar-refractivity contribution >= 4 is 15.9 Å². The molecule has 0 aliphatic carbocycles. The van der Waals surface area contributed by atoms with Crippen LogP contribution in [-0.2, 0) is 14.8 Å². The average Bonchev–Trinajstić information content (AvgIpc) is 2.69. The second-order valence-electron chi connectivity index (χ2n) is 7.71. The topological polar surface area (TPSA) is 60.9 Å². The summed E-state index contributed by atoms with van der Waals surface area (Å²) in [6.07, 6.45) is 1.22. The minimum Gasteiger partial charge on any atom is -0.340 e. The van der Waals surface area contributed by atoms with Crippen LogP contribution in [0, 0.1) is 19.8 Å². The number of likely N-dealkylation sites (N-methyl/N-ethyl adjacent to an activating group) is 1. The molecule has 2 aliphatic rings. The van der Waals surface area contributed by atoms with E-state index in [1.807, 2.05) is 30.9 Å². The third kappa shape index (κ3) is 4.36. The zero-order valence-corrected chi connectivity index (χ0v) is 17.5. The molecule has 0 saturated carbocycles. The Hall–Kier alpha value is -1.44. The molecule has 0 N–H and O–H groups in total. The third-order valence-corrected chi connectivity index (χ3v) is 7.94. The molecule has 1 amide bonds. The van der Waals surface area contributed by atoms with Crippen LogP contribution in [0.25, 0.3) is 0 Å². The van der Waals surface area contributed by atoms with Gasteiger partial charge in [-0.3, -0.25) is 4.79 Å². The van der Waals surface area contributed by atoms with Crippen molar-refractivity contribution < 1.29 is 13.2 Å². The maximum atomic E-state index is 13.0. The van der Waals surface area contributed by atoms with E-state index in [2.05, 4.69) is 11.8 Å². The fourth-order valence-corrected chi connectivity index (χ4v) is 5.79. The summed E-state index contributed by atoms with van der Waals surface area (Å²) < 4.78 is 27.6. The molecule has 0 unspecified atom stereocenters. The van der Waals surface area contributed by atoms with Crippen LogP contribution >= 0.6 is 0 Å². The molecular formula is C20H31N3O3S. The van der Waals surface area contributed by atoms with E-state index in [9.17, 15) is 13.2 Å². The Bertz CT molecular complexity index is 778. The summed E-state index contributed by atoms with van der Waals surface area (Å²) >= 11 is 0. The molecule has 27 heavy (non-hydrogen) atoms. The SMILES string of the molecule is CCN1CCN(C(=O)C2CCN(S(=O)(=O)c3cc(C)ccc3C)CC2)CC1. The van der Waals surface area contributed by atoms with Gasteiger partial charge in [0.25, 0.3) is 0 Å². The molecule has 2 fully saturated rings. The number of hydrogen-bond acceptors (Lipinski definition) is 4. The summed E-state index contributed by atoms with van der Waals surface area (Å²) in [6, 6.07) is 5.53. The van der Waals surface area contributed by atoms with E-state index in [4.69, 9.17) is 0 Å². The Labute approximate surface area is 163 Å². The largest absolute Gasteiger partial charge is 0.340 e. The maximum Gasteiger partial charge on any atom is 0.243 e. The Morgan fingerprint density at radius 2 is 1.67 bits per heavy atom. The van der Waals surface area contributed by atoms with Crippen LogP contribution in [0.4, 0.5) is 0 Å². The summed E-state index contributed by atoms with van der Waals surface area (Å²) in [6.45, 7) is 11.2. The summed E-state index contributed by atoms with van der Waals surface area (Å²) in [5, 5.41) is 0. The molecule has 2 saturated heterocycles. The Kier molecular flexibility index (Phi) is 6.23. The van der Waals surface area contributed by atoms with Crippen LogP contribution in [0.15, 0.2) is 23.1 Å². The number of nitrogens with zero attached hydrogens (tertiary/aromatic N) is 3. The van der Waals surface area contributed by atoms with E-state index in [1.54, 1.807) is 10.4 Å². The van der Waals surface area contributed by atoms with E-state index in [0.717, 1.165) is 43.9 Å². The first-order valence-electron chi connectivity index (χ1n) is 9.91. The van der Waals surface area contributed by atoms with Gasteiger partial charge in [0.05, 0.1) is 4.90 Å². The van der Waals surface area contributed by atoms with Crippen molar-refractivity contribution in [3.05, 3.63) is 29.3 Å². The monoisotopic (exact) mass is 393 g/mol. The first kappa shape index (κ1) is 20.3. The predicted molar refractivity (Wildman–Crippen MR) is 106 cm³/mol. The minimum atomic E-state index is -3.50. The van der Waals surface area contributed by atoms with E-state index in [0.29, 0.717) is 30.8 Å². The first-order valence-corrected chi connectivity index (χ1v) is 11.4. The lowest BCUT2D eigenvalue weighted by atomic mass is 9.96. The lowest BCUT2D eigenvalue weighted by Gasteiger charge is -2.38. The molecule has 150 valence electrons. The van der Waals surface area contributed by atoms with Crippen molar-refractivity contribution in [2.75, 3.05) is 45.8 Å². The standard InChI is InChI=1S/C20H31N3O3S/c1-4-21-11-13-22(14-12-21)20(24)18-7-9-23(10-8-18)27(25,26)19-15-16(2)5-6-17(19)3/h5-6,15,18H,4,7-14H2,1-3H3. The minimum absolute atomic E-state index is 0.0526. The Balaban J connectivity index is 1.61. The van der Waals surface area contributed by atoms with E-state index >= 15 is 0 Å². The number of rotatable bonds is 4. The van der Waals surface area contributed by atoms with Gasteiger partial charge in [-0.05, 0) is 50.4 Å². The van der Waals surface area contributed by atoms with Crippen molar-refractivity contribution in [3.63, 3.8) is 0 Å². The number of carbonyl (C=O) groups is 1. The highest BCUT2D eigenvalue weighted by Gasteiger charge is 2.35. The van der Waals surface area contributed by atoms with Gasteiger partial charge < -0.3 is 9.80 Å². The highest BCUT2D eigenvalue weighted by Crippen LogP contribution is 2.27. The fourth-order valence-electron chi connectivity index (χ4n) is 4.01. The smallest absolute Gasteiger partial charge is 0.243 e. The Morgan fingerprint density at radius 1 is 1.04 bits per heavy atom. The number of amides is 1. The number of piperazine rings is 1. The van der Waals surface area contributed by atoms with Crippen molar-refractivity contribution in [2.24, 2.45) is 5.92 Å². The van der Waals surface area contributed by atoms with Gasteiger partial charge in [-0.25, -0.2) is 8.42 Å². The van der Waals surface area contributed by atoms with Crippen LogP contribution < -0.4 is 0 Å². The third-order valence-electron chi connectivity index (χ3n) is 5.90. The van der Waals surface area contributed by atoms with Crippen molar-refractivity contribution in [1.29, 1.82) is 0 Å². The van der Waals surface area contributed by atoms with Gasteiger partial charge in [0.2, 0.25) is 15.9 Å². The van der Waals surface area contributed by atoms with Crippen molar-refractivity contribution in [2.45, 2.75) is 38.5 Å². The molecule has 3 rings (SSSR count). The predicted octanol–water partition coefficient (Wildman–Crippen LogP) is 1.87. The Morgan fingerprint density at radius 3 is 2.26 bits per heavy atom. The fraction of sp³-hybridized carbons (Fsp3) is 0.650. The zero-order chi connectivity index (χ0) is 19.6. The van der Waals surface area contributed by atoms with Crippen LogP contribution in [0.2, 0.25) is 0 Å². The van der Waals surface area contributed by atoms with Gasteiger partial charge >= 0.3 is 0 Å². The van der Waals surface area contributed by atoms with Crippen LogP contribution in [-0.4, -0.2) is 74.2 Å². The zero-order valence-electron chi connectivity index (χ0n) is 16.6. The molecule has 0 bridgehead atoms. The molecule has 2 heterocycles. The molecule has 0 aromatic heterocycles. The lowest BCUT2D eigenvalue weighted by molar-refractivity contribution is -0.138. The molecule has 1 aromatic rings. The van der Waals surface area contributed by atoms with Crippen molar-refractivity contribution in [3.8, 4) is 0 Å². The molecule has 2 aliphatic heterocycles. The molecule has 0 radical (unpaired) electrons. The molecule has 0 spiro atoms. The molecule has 1 aromatic carbocycles. The van der Waals surface area contributed by atoms with Crippen LogP contribution in [0.1, 0.15) is 30.9 Å². The first-order chi connectivity index (χ1) is 12.8. The maximum absolute atomic E-state index is 13.0. The highest BCUT2D eigenvalue weighted by molar-refractivity contribution is 7.89. The summed E-state index contributed by atoms with van der Waals surface area (Å²) in [7, 11) is -3.50. The molecular weight excluding hydrogens is 362 g/mol. The summed E-state index contributed by atoms with van der Waals surface area (Å²) in [5.41, 5.74) is 1.71. The van der Waals surface area contributed by atoms with Crippen LogP contribution in [0.3, 0.4) is 0 Å². The summed E-state index contributed by atoms with van der Waals surface area (Å²) in [5.74, 6) is 0.151. The van der Waals surface area contributed by atoms with Gasteiger partial charge in [0.1, 0.15) is 0 Å². The van der Waals surface area contributed by atoms with Crippen molar-refractivity contribution in [1.82, 2.24) is 14.1 Å². The quantitative estimate of drug-likeness (QED) is 0.784. The van der Waals surface area contributed by atoms with Gasteiger partial charge in [-0.15, -0.1) is 0 Å². The number of hydrogen-bond donors (Lipinski definition) is 0. The number of sulfonamides is 1. The van der Waals surface area contributed by atoms with E-state index in [-0.39, 0.29) is 11.8 Å². The molecule has 0 atom stereocenters. The van der Waals surface area contributed by atoms with E-state index in [1.165, 1.54) is 0 Å². The van der Waals surface area contributed by atoms with Gasteiger partial charge in [0.15, 0.2) is 0 Å². The number of piperidine rings is 1. The van der Waals surface area contributed by atoms with Gasteiger partial charge in [-0.2, -0.15) is 4.31 Å². The van der Waals surface area contributed by atoms with Crippen LogP contribution in [0.5, 0.6) is 0 Å². The second kappa shape index (κ2) is 8.29.